The molecule has 0 spiro atoms. The minimum absolute atomic E-state index is 0.440. The van der Waals surface area contributed by atoms with Crippen molar-refractivity contribution in [2.24, 2.45) is 0 Å². The number of hydrogen-bond donors (Lipinski definition) is 2. The molecule has 0 aliphatic carbocycles. The van der Waals surface area contributed by atoms with Crippen molar-refractivity contribution < 1.29 is 23.2 Å². The average Bonchev–Trinajstić information content (AvgIpc) is 2.30. The zero-order valence-electron chi connectivity index (χ0n) is 5.67. The smallest absolute Gasteiger partial charge is 0.423 e. The maximum absolute atomic E-state index is 12.0. The number of thiophene rings is 1. The molecule has 12 heavy (non-hydrogen) atoms. The minimum Gasteiger partial charge on any atom is -0.423 e. The van der Waals surface area contributed by atoms with Gasteiger partial charge in [-0.2, -0.15) is 13.2 Å². The second kappa shape index (κ2) is 3.08. The normalized spacial score (nSPS) is 11.8. The van der Waals surface area contributed by atoms with E-state index in [4.69, 9.17) is 10.0 Å². The van der Waals surface area contributed by atoms with Crippen LogP contribution in [0.1, 0.15) is 4.88 Å². The molecule has 0 saturated carbocycles. The standard InChI is InChI=1S/C5H4BF3O2S/c7-5(8,9)4-3(6(10)11)1-2-12-4/h1-2,10-11H. The van der Waals surface area contributed by atoms with Gasteiger partial charge in [0.2, 0.25) is 0 Å². The van der Waals surface area contributed by atoms with Gasteiger partial charge in [0, 0.05) is 5.46 Å². The number of halogens is 3. The molecule has 0 bridgehead atoms. The molecule has 2 nitrogen and oxygen atoms in total. The summed E-state index contributed by atoms with van der Waals surface area (Å²) in [6, 6.07) is 1.04. The van der Waals surface area contributed by atoms with Crippen LogP contribution in [-0.4, -0.2) is 17.2 Å². The van der Waals surface area contributed by atoms with Crippen LogP contribution in [0.4, 0.5) is 13.2 Å². The quantitative estimate of drug-likeness (QED) is 0.640. The topological polar surface area (TPSA) is 40.5 Å². The molecule has 0 saturated heterocycles. The van der Waals surface area contributed by atoms with Crippen LogP contribution in [0.25, 0.3) is 0 Å². The molecule has 0 radical (unpaired) electrons. The molecule has 0 fully saturated rings. The third-order valence-electron chi connectivity index (χ3n) is 1.23. The van der Waals surface area contributed by atoms with Crippen molar-refractivity contribution in [3.05, 3.63) is 16.3 Å². The minimum atomic E-state index is -4.51. The Morgan fingerprint density at radius 3 is 2.25 bits per heavy atom. The molecule has 0 amide bonds. The van der Waals surface area contributed by atoms with Crippen LogP contribution in [0.5, 0.6) is 0 Å². The van der Waals surface area contributed by atoms with E-state index in [9.17, 15) is 13.2 Å². The highest BCUT2D eigenvalue weighted by Gasteiger charge is 2.37. The van der Waals surface area contributed by atoms with E-state index in [-0.39, 0.29) is 0 Å². The van der Waals surface area contributed by atoms with E-state index in [1.807, 2.05) is 0 Å². The van der Waals surface area contributed by atoms with Gasteiger partial charge in [0.15, 0.2) is 0 Å². The summed E-state index contributed by atoms with van der Waals surface area (Å²) < 4.78 is 36.1. The molecule has 0 aliphatic rings. The maximum Gasteiger partial charge on any atom is 0.489 e. The summed E-state index contributed by atoms with van der Waals surface area (Å²) in [5.74, 6) is 0. The van der Waals surface area contributed by atoms with Gasteiger partial charge in [-0.3, -0.25) is 0 Å². The summed E-state index contributed by atoms with van der Waals surface area (Å²) in [4.78, 5) is -0.961. The molecule has 1 aromatic rings. The summed E-state index contributed by atoms with van der Waals surface area (Å²) in [5, 5.41) is 18.2. The van der Waals surface area contributed by atoms with Crippen molar-refractivity contribution in [1.82, 2.24) is 0 Å². The lowest BCUT2D eigenvalue weighted by Crippen LogP contribution is -2.33. The third-order valence-corrected chi connectivity index (χ3v) is 2.21. The lowest BCUT2D eigenvalue weighted by Gasteiger charge is -2.05. The first-order chi connectivity index (χ1) is 5.43. The third kappa shape index (κ3) is 1.79. The number of rotatable bonds is 1. The predicted molar refractivity (Wildman–Crippen MR) is 39.1 cm³/mol. The fourth-order valence-corrected chi connectivity index (χ4v) is 1.55. The molecule has 66 valence electrons. The molecule has 0 aliphatic heterocycles. The molecule has 1 heterocycles. The lowest BCUT2D eigenvalue weighted by atomic mass is 9.80. The first-order valence-corrected chi connectivity index (χ1v) is 3.81. The van der Waals surface area contributed by atoms with Crippen molar-refractivity contribution in [3.8, 4) is 0 Å². The van der Waals surface area contributed by atoms with Gasteiger partial charge in [0.25, 0.3) is 0 Å². The Labute approximate surface area is 70.4 Å². The van der Waals surface area contributed by atoms with Crippen molar-refractivity contribution in [2.75, 3.05) is 0 Å². The van der Waals surface area contributed by atoms with Gasteiger partial charge in [-0.25, -0.2) is 0 Å². The van der Waals surface area contributed by atoms with Crippen molar-refractivity contribution >= 4 is 23.9 Å². The first kappa shape index (κ1) is 9.56. The lowest BCUT2D eigenvalue weighted by molar-refractivity contribution is -0.133. The molecular weight excluding hydrogens is 192 g/mol. The van der Waals surface area contributed by atoms with Crippen LogP contribution in [0, 0.1) is 0 Å². The highest BCUT2D eigenvalue weighted by molar-refractivity contribution is 7.11. The van der Waals surface area contributed by atoms with Crippen LogP contribution in [0.2, 0.25) is 0 Å². The van der Waals surface area contributed by atoms with Crippen molar-refractivity contribution in [3.63, 3.8) is 0 Å². The molecule has 1 aromatic heterocycles. The van der Waals surface area contributed by atoms with Crippen LogP contribution in [0.15, 0.2) is 11.4 Å². The van der Waals surface area contributed by atoms with E-state index in [0.717, 1.165) is 11.4 Å². The molecule has 7 heteroatoms. The van der Waals surface area contributed by atoms with Crippen molar-refractivity contribution in [2.45, 2.75) is 6.18 Å². The maximum atomic E-state index is 12.0. The fraction of sp³-hybridized carbons (Fsp3) is 0.200. The van der Waals surface area contributed by atoms with Gasteiger partial charge in [0.1, 0.15) is 4.88 Å². The summed E-state index contributed by atoms with van der Waals surface area (Å²) >= 11 is 0.440. The van der Waals surface area contributed by atoms with Gasteiger partial charge in [0.05, 0.1) is 0 Å². The second-order valence-electron chi connectivity index (χ2n) is 2.08. The summed E-state index contributed by atoms with van der Waals surface area (Å²) in [5.41, 5.74) is -0.493. The van der Waals surface area contributed by atoms with Gasteiger partial charge in [-0.05, 0) is 5.38 Å². The number of hydrogen-bond acceptors (Lipinski definition) is 3. The fourth-order valence-electron chi connectivity index (χ4n) is 0.753. The molecule has 0 unspecified atom stereocenters. The number of alkyl halides is 3. The first-order valence-electron chi connectivity index (χ1n) is 2.93. The van der Waals surface area contributed by atoms with Crippen LogP contribution < -0.4 is 5.46 Å². The SMILES string of the molecule is OB(O)c1ccsc1C(F)(F)F. The van der Waals surface area contributed by atoms with E-state index in [0.29, 0.717) is 11.3 Å². The van der Waals surface area contributed by atoms with Crippen molar-refractivity contribution in [1.29, 1.82) is 0 Å². The molecule has 0 atom stereocenters. The van der Waals surface area contributed by atoms with E-state index in [1.165, 1.54) is 0 Å². The van der Waals surface area contributed by atoms with Gasteiger partial charge in [-0.1, -0.05) is 6.07 Å². The Morgan fingerprint density at radius 1 is 1.33 bits per heavy atom. The Morgan fingerprint density at radius 2 is 1.92 bits per heavy atom. The van der Waals surface area contributed by atoms with E-state index >= 15 is 0 Å². The Kier molecular flexibility index (Phi) is 2.45. The highest BCUT2D eigenvalue weighted by Crippen LogP contribution is 2.31. The van der Waals surface area contributed by atoms with Crippen LogP contribution in [0.3, 0.4) is 0 Å². The zero-order valence-corrected chi connectivity index (χ0v) is 6.49. The van der Waals surface area contributed by atoms with E-state index in [1.54, 1.807) is 0 Å². The van der Waals surface area contributed by atoms with Gasteiger partial charge < -0.3 is 10.0 Å². The van der Waals surface area contributed by atoms with Crippen LogP contribution in [-0.2, 0) is 6.18 Å². The highest BCUT2D eigenvalue weighted by atomic mass is 32.1. The monoisotopic (exact) mass is 196 g/mol. The second-order valence-corrected chi connectivity index (χ2v) is 2.99. The van der Waals surface area contributed by atoms with E-state index < -0.39 is 23.6 Å². The molecular formula is C5H4BF3O2S. The average molecular weight is 196 g/mol. The summed E-state index contributed by atoms with van der Waals surface area (Å²) in [6.45, 7) is 0. The Hall–Kier alpha value is -0.525. The zero-order chi connectivity index (χ0) is 9.35. The molecule has 1 rings (SSSR count). The molecule has 2 N–H and O–H groups in total. The summed E-state index contributed by atoms with van der Waals surface area (Å²) in [6.07, 6.45) is -4.51. The van der Waals surface area contributed by atoms with Gasteiger partial charge >= 0.3 is 13.3 Å². The Bertz CT molecular complexity index is 270. The molecule has 0 aromatic carbocycles. The largest absolute Gasteiger partial charge is 0.489 e. The Balaban J connectivity index is 3.08. The van der Waals surface area contributed by atoms with Gasteiger partial charge in [-0.15, -0.1) is 11.3 Å². The van der Waals surface area contributed by atoms with E-state index in [2.05, 4.69) is 0 Å². The summed E-state index contributed by atoms with van der Waals surface area (Å²) in [7, 11) is -2.06. The van der Waals surface area contributed by atoms with Crippen LogP contribution >= 0.6 is 11.3 Å². The predicted octanol–water partition coefficient (Wildman–Crippen LogP) is 0.447.